The Morgan fingerprint density at radius 1 is 1.41 bits per heavy atom. The predicted molar refractivity (Wildman–Crippen MR) is 65.7 cm³/mol. The topological polar surface area (TPSA) is 59.2 Å². The minimum Gasteiger partial charge on any atom is -0.464 e. The standard InChI is InChI=1S/C12H10ClNO3/c1-6-3-4-8(13)10-7(6)5-9(12(16)17-2)14-11(10)15/h3-5H,1-2H3,(H,14,15). The van der Waals surface area contributed by atoms with E-state index >= 15 is 0 Å². The number of carbonyl (C=O) groups excluding carboxylic acids is 1. The molecule has 0 bridgehead atoms. The third-order valence-corrected chi connectivity index (χ3v) is 2.90. The summed E-state index contributed by atoms with van der Waals surface area (Å²) in [5.41, 5.74) is 0.604. The quantitative estimate of drug-likeness (QED) is 0.791. The molecule has 1 heterocycles. The number of halogens is 1. The van der Waals surface area contributed by atoms with Gasteiger partial charge in [0.15, 0.2) is 0 Å². The number of nitrogens with one attached hydrogen (secondary N) is 1. The van der Waals surface area contributed by atoms with Crippen molar-refractivity contribution in [3.8, 4) is 0 Å². The van der Waals surface area contributed by atoms with Gasteiger partial charge in [0.2, 0.25) is 0 Å². The summed E-state index contributed by atoms with van der Waals surface area (Å²) in [6, 6.07) is 5.03. The van der Waals surface area contributed by atoms with Gasteiger partial charge in [-0.1, -0.05) is 17.7 Å². The SMILES string of the molecule is COC(=O)c1cc2c(C)ccc(Cl)c2c(=O)[nH]1. The maximum absolute atomic E-state index is 11.8. The molecule has 0 spiro atoms. The van der Waals surface area contributed by atoms with Crippen LogP contribution in [-0.2, 0) is 4.74 Å². The zero-order valence-corrected chi connectivity index (χ0v) is 10.1. The molecule has 1 N–H and O–H groups in total. The first-order valence-electron chi connectivity index (χ1n) is 4.95. The van der Waals surface area contributed by atoms with Crippen LogP contribution in [0.1, 0.15) is 16.1 Å². The van der Waals surface area contributed by atoms with Gasteiger partial charge in [-0.3, -0.25) is 4.79 Å². The number of aromatic amines is 1. The van der Waals surface area contributed by atoms with E-state index in [9.17, 15) is 9.59 Å². The van der Waals surface area contributed by atoms with E-state index in [0.29, 0.717) is 15.8 Å². The second kappa shape index (κ2) is 4.22. The average molecular weight is 252 g/mol. The average Bonchev–Trinajstić information content (AvgIpc) is 2.32. The Morgan fingerprint density at radius 2 is 2.12 bits per heavy atom. The number of H-pyrrole nitrogens is 1. The van der Waals surface area contributed by atoms with Crippen LogP contribution in [0.25, 0.3) is 10.8 Å². The molecule has 0 aliphatic heterocycles. The number of hydrogen-bond donors (Lipinski definition) is 1. The van der Waals surface area contributed by atoms with Crippen LogP contribution in [0.15, 0.2) is 23.0 Å². The van der Waals surface area contributed by atoms with E-state index in [-0.39, 0.29) is 5.69 Å². The molecule has 0 radical (unpaired) electrons. The van der Waals surface area contributed by atoms with E-state index in [2.05, 4.69) is 9.72 Å². The molecule has 0 saturated carbocycles. The lowest BCUT2D eigenvalue weighted by molar-refractivity contribution is 0.0594. The molecule has 2 rings (SSSR count). The minimum atomic E-state index is -0.580. The molecule has 0 atom stereocenters. The summed E-state index contributed by atoms with van der Waals surface area (Å²) in [6.45, 7) is 1.85. The molecule has 0 aliphatic carbocycles. The Balaban J connectivity index is 2.87. The lowest BCUT2D eigenvalue weighted by Crippen LogP contribution is -2.14. The van der Waals surface area contributed by atoms with Crippen molar-refractivity contribution in [3.05, 3.63) is 44.8 Å². The van der Waals surface area contributed by atoms with Gasteiger partial charge in [-0.25, -0.2) is 4.79 Å². The van der Waals surface area contributed by atoms with E-state index in [4.69, 9.17) is 11.6 Å². The number of aryl methyl sites for hydroxylation is 1. The fourth-order valence-electron chi connectivity index (χ4n) is 1.70. The summed E-state index contributed by atoms with van der Waals surface area (Å²) >= 11 is 5.96. The number of esters is 1. The van der Waals surface area contributed by atoms with Gasteiger partial charge in [0.1, 0.15) is 5.69 Å². The molecule has 1 aromatic heterocycles. The maximum atomic E-state index is 11.8. The molecule has 2 aromatic rings. The summed E-state index contributed by atoms with van der Waals surface area (Å²) in [6.07, 6.45) is 0. The molecule has 5 heteroatoms. The molecule has 0 aliphatic rings. The second-order valence-corrected chi connectivity index (χ2v) is 4.06. The number of benzene rings is 1. The smallest absolute Gasteiger partial charge is 0.354 e. The van der Waals surface area contributed by atoms with Crippen molar-refractivity contribution in [2.24, 2.45) is 0 Å². The Hall–Kier alpha value is -1.81. The number of ether oxygens (including phenoxy) is 1. The number of pyridine rings is 1. The van der Waals surface area contributed by atoms with Crippen molar-refractivity contribution < 1.29 is 9.53 Å². The summed E-state index contributed by atoms with van der Waals surface area (Å²) in [5, 5.41) is 1.41. The molecule has 0 unspecified atom stereocenters. The number of aromatic nitrogens is 1. The van der Waals surface area contributed by atoms with Gasteiger partial charge in [-0.15, -0.1) is 0 Å². The minimum absolute atomic E-state index is 0.121. The second-order valence-electron chi connectivity index (χ2n) is 3.66. The highest BCUT2D eigenvalue weighted by Crippen LogP contribution is 2.23. The Bertz CT molecular complexity index is 661. The third kappa shape index (κ3) is 1.91. The van der Waals surface area contributed by atoms with Crippen LogP contribution in [-0.4, -0.2) is 18.1 Å². The van der Waals surface area contributed by atoms with Crippen molar-refractivity contribution in [2.45, 2.75) is 6.92 Å². The summed E-state index contributed by atoms with van der Waals surface area (Å²) < 4.78 is 4.57. The van der Waals surface area contributed by atoms with E-state index in [1.807, 2.05) is 6.92 Å². The van der Waals surface area contributed by atoms with Gasteiger partial charge in [-0.05, 0) is 30.0 Å². The molecule has 4 nitrogen and oxygen atoms in total. The van der Waals surface area contributed by atoms with Crippen LogP contribution >= 0.6 is 11.6 Å². The summed E-state index contributed by atoms with van der Waals surface area (Å²) in [7, 11) is 1.26. The van der Waals surface area contributed by atoms with Crippen LogP contribution in [0.4, 0.5) is 0 Å². The summed E-state index contributed by atoms with van der Waals surface area (Å²) in [5.74, 6) is -0.580. The monoisotopic (exact) mass is 251 g/mol. The number of fused-ring (bicyclic) bond motifs is 1. The van der Waals surface area contributed by atoms with Gasteiger partial charge in [0.05, 0.1) is 17.5 Å². The van der Waals surface area contributed by atoms with E-state index < -0.39 is 11.5 Å². The van der Waals surface area contributed by atoms with Gasteiger partial charge in [0.25, 0.3) is 5.56 Å². The number of methoxy groups -OCH3 is 1. The lowest BCUT2D eigenvalue weighted by atomic mass is 10.1. The highest BCUT2D eigenvalue weighted by atomic mass is 35.5. The van der Waals surface area contributed by atoms with Crippen LogP contribution < -0.4 is 5.56 Å². The molecule has 17 heavy (non-hydrogen) atoms. The Kier molecular flexibility index (Phi) is 2.90. The number of carbonyl (C=O) groups is 1. The van der Waals surface area contributed by atoms with E-state index in [0.717, 1.165) is 5.56 Å². The van der Waals surface area contributed by atoms with Gasteiger partial charge >= 0.3 is 5.97 Å². The summed E-state index contributed by atoms with van der Waals surface area (Å²) in [4.78, 5) is 25.7. The van der Waals surface area contributed by atoms with Crippen molar-refractivity contribution in [1.82, 2.24) is 4.98 Å². The Labute approximate surface area is 102 Å². The zero-order valence-electron chi connectivity index (χ0n) is 9.33. The number of rotatable bonds is 1. The fraction of sp³-hybridized carbons (Fsp3) is 0.167. The third-order valence-electron chi connectivity index (χ3n) is 2.58. The van der Waals surface area contributed by atoms with Crippen molar-refractivity contribution in [1.29, 1.82) is 0 Å². The molecule has 0 fully saturated rings. The fourth-order valence-corrected chi connectivity index (χ4v) is 1.95. The molecule has 0 amide bonds. The van der Waals surface area contributed by atoms with Crippen LogP contribution in [0.3, 0.4) is 0 Å². The van der Waals surface area contributed by atoms with Gasteiger partial charge < -0.3 is 9.72 Å². The van der Waals surface area contributed by atoms with Crippen LogP contribution in [0, 0.1) is 6.92 Å². The van der Waals surface area contributed by atoms with Gasteiger partial charge in [-0.2, -0.15) is 0 Å². The molecular formula is C12H10ClNO3. The molecule has 1 aromatic carbocycles. The molecule has 88 valence electrons. The first-order chi connectivity index (χ1) is 8.04. The maximum Gasteiger partial charge on any atom is 0.354 e. The first kappa shape index (κ1) is 11.7. The lowest BCUT2D eigenvalue weighted by Gasteiger charge is -2.05. The largest absolute Gasteiger partial charge is 0.464 e. The highest BCUT2D eigenvalue weighted by molar-refractivity contribution is 6.35. The van der Waals surface area contributed by atoms with Crippen LogP contribution in [0.2, 0.25) is 5.02 Å². The van der Waals surface area contributed by atoms with Gasteiger partial charge in [0, 0.05) is 0 Å². The molecular weight excluding hydrogens is 242 g/mol. The normalized spacial score (nSPS) is 10.5. The van der Waals surface area contributed by atoms with E-state index in [1.54, 1.807) is 18.2 Å². The zero-order chi connectivity index (χ0) is 12.6. The van der Waals surface area contributed by atoms with Crippen LogP contribution in [0.5, 0.6) is 0 Å². The number of hydrogen-bond acceptors (Lipinski definition) is 3. The van der Waals surface area contributed by atoms with Crippen molar-refractivity contribution >= 4 is 28.3 Å². The first-order valence-corrected chi connectivity index (χ1v) is 5.33. The van der Waals surface area contributed by atoms with Crippen molar-refractivity contribution in [3.63, 3.8) is 0 Å². The van der Waals surface area contributed by atoms with Crippen molar-refractivity contribution in [2.75, 3.05) is 7.11 Å². The highest BCUT2D eigenvalue weighted by Gasteiger charge is 2.12. The predicted octanol–water partition coefficient (Wildman–Crippen LogP) is 2.28. The van der Waals surface area contributed by atoms with E-state index in [1.165, 1.54) is 7.11 Å². The Morgan fingerprint density at radius 3 is 2.76 bits per heavy atom. The molecule has 0 saturated heterocycles.